The summed E-state index contributed by atoms with van der Waals surface area (Å²) in [5.74, 6) is 1.40. The maximum Gasteiger partial charge on any atom is 0.128 e. The third kappa shape index (κ3) is 1.02. The molecule has 72 valence electrons. The van der Waals surface area contributed by atoms with E-state index in [2.05, 4.69) is 29.6 Å². The van der Waals surface area contributed by atoms with E-state index in [9.17, 15) is 0 Å². The second kappa shape index (κ2) is 2.74. The molecule has 2 aliphatic heterocycles. The minimum absolute atomic E-state index is 0.435. The van der Waals surface area contributed by atoms with Gasteiger partial charge in [0, 0.05) is 12.1 Å². The first kappa shape index (κ1) is 7.85. The number of hydrazone groups is 1. The van der Waals surface area contributed by atoms with Gasteiger partial charge in [-0.15, -0.1) is 0 Å². The Morgan fingerprint density at radius 1 is 1.50 bits per heavy atom. The molecule has 1 unspecified atom stereocenters. The molecule has 1 aromatic rings. The zero-order valence-electron chi connectivity index (χ0n) is 8.08. The summed E-state index contributed by atoms with van der Waals surface area (Å²) < 4.78 is 5.67. The number of hydrogen-bond acceptors (Lipinski definition) is 3. The highest BCUT2D eigenvalue weighted by molar-refractivity contribution is 6.06. The Morgan fingerprint density at radius 2 is 2.43 bits per heavy atom. The first-order valence-electron chi connectivity index (χ1n) is 4.89. The SMILES string of the molecule is Cc1ccc2c(c1)C1=NNCC1CO2. The van der Waals surface area contributed by atoms with Crippen molar-refractivity contribution in [1.82, 2.24) is 5.43 Å². The van der Waals surface area contributed by atoms with E-state index < -0.39 is 0 Å². The summed E-state index contributed by atoms with van der Waals surface area (Å²) >= 11 is 0. The van der Waals surface area contributed by atoms with Crippen molar-refractivity contribution in [2.75, 3.05) is 13.2 Å². The molecule has 0 spiro atoms. The summed E-state index contributed by atoms with van der Waals surface area (Å²) in [6, 6.07) is 6.25. The first-order chi connectivity index (χ1) is 6.84. The largest absolute Gasteiger partial charge is 0.492 e. The van der Waals surface area contributed by atoms with Crippen LogP contribution in [0.15, 0.2) is 23.3 Å². The second-order valence-electron chi connectivity index (χ2n) is 3.87. The highest BCUT2D eigenvalue weighted by Crippen LogP contribution is 2.29. The van der Waals surface area contributed by atoms with Gasteiger partial charge in [-0.2, -0.15) is 5.10 Å². The van der Waals surface area contributed by atoms with E-state index in [1.54, 1.807) is 0 Å². The van der Waals surface area contributed by atoms with Crippen molar-refractivity contribution in [2.24, 2.45) is 11.0 Å². The molecular formula is C11H12N2O. The molecule has 3 rings (SSSR count). The van der Waals surface area contributed by atoms with Gasteiger partial charge in [0.1, 0.15) is 5.75 Å². The van der Waals surface area contributed by atoms with E-state index in [0.717, 1.165) is 30.2 Å². The Labute approximate surface area is 82.8 Å². The smallest absolute Gasteiger partial charge is 0.128 e. The monoisotopic (exact) mass is 188 g/mol. The Kier molecular flexibility index (Phi) is 1.54. The van der Waals surface area contributed by atoms with Crippen LogP contribution in [0.2, 0.25) is 0 Å². The lowest BCUT2D eigenvalue weighted by molar-refractivity contribution is 0.278. The molecular weight excluding hydrogens is 176 g/mol. The lowest BCUT2D eigenvalue weighted by Crippen LogP contribution is -2.28. The number of benzene rings is 1. The molecule has 0 bridgehead atoms. The second-order valence-corrected chi connectivity index (χ2v) is 3.87. The zero-order valence-corrected chi connectivity index (χ0v) is 8.08. The van der Waals surface area contributed by atoms with Gasteiger partial charge < -0.3 is 10.2 Å². The standard InChI is InChI=1S/C11H12N2O/c1-7-2-3-10-9(4-7)11-8(6-14-10)5-12-13-11/h2-4,8,12H,5-6H2,1H3. The van der Waals surface area contributed by atoms with Crippen LogP contribution in [0.3, 0.4) is 0 Å². The molecule has 2 aliphatic rings. The van der Waals surface area contributed by atoms with E-state index in [0.29, 0.717) is 5.92 Å². The number of fused-ring (bicyclic) bond motifs is 3. The maximum absolute atomic E-state index is 5.67. The van der Waals surface area contributed by atoms with Gasteiger partial charge in [0.25, 0.3) is 0 Å². The van der Waals surface area contributed by atoms with Crippen molar-refractivity contribution in [3.05, 3.63) is 29.3 Å². The summed E-state index contributed by atoms with van der Waals surface area (Å²) in [7, 11) is 0. The van der Waals surface area contributed by atoms with Crippen LogP contribution in [0.5, 0.6) is 5.75 Å². The average Bonchev–Trinajstić information content (AvgIpc) is 2.65. The van der Waals surface area contributed by atoms with E-state index in [1.807, 2.05) is 6.07 Å². The predicted octanol–water partition coefficient (Wildman–Crippen LogP) is 1.31. The molecule has 3 nitrogen and oxygen atoms in total. The van der Waals surface area contributed by atoms with E-state index in [-0.39, 0.29) is 0 Å². The third-order valence-electron chi connectivity index (χ3n) is 2.77. The Balaban J connectivity index is 2.16. The third-order valence-corrected chi connectivity index (χ3v) is 2.77. The van der Waals surface area contributed by atoms with Crippen molar-refractivity contribution in [3.63, 3.8) is 0 Å². The van der Waals surface area contributed by atoms with E-state index >= 15 is 0 Å². The molecule has 1 atom stereocenters. The lowest BCUT2D eigenvalue weighted by atomic mass is 9.94. The molecule has 0 saturated heterocycles. The normalized spacial score (nSPS) is 22.9. The summed E-state index contributed by atoms with van der Waals surface area (Å²) in [5, 5.41) is 4.33. The Morgan fingerprint density at radius 3 is 3.36 bits per heavy atom. The molecule has 3 heteroatoms. The van der Waals surface area contributed by atoms with Crippen molar-refractivity contribution in [3.8, 4) is 5.75 Å². The topological polar surface area (TPSA) is 33.6 Å². The molecule has 0 saturated carbocycles. The van der Waals surface area contributed by atoms with Crippen molar-refractivity contribution in [1.29, 1.82) is 0 Å². The van der Waals surface area contributed by atoms with Crippen LogP contribution in [-0.2, 0) is 0 Å². The van der Waals surface area contributed by atoms with Crippen LogP contribution in [0.1, 0.15) is 11.1 Å². The Bertz CT molecular complexity index is 412. The number of aryl methyl sites for hydroxylation is 1. The fraction of sp³-hybridized carbons (Fsp3) is 0.364. The van der Waals surface area contributed by atoms with Gasteiger partial charge in [0.2, 0.25) is 0 Å². The fourth-order valence-corrected chi connectivity index (χ4v) is 2.01. The summed E-state index contributed by atoms with van der Waals surface area (Å²) in [6.07, 6.45) is 0. The Hall–Kier alpha value is -1.51. The first-order valence-corrected chi connectivity index (χ1v) is 4.89. The summed E-state index contributed by atoms with van der Waals surface area (Å²) in [6.45, 7) is 3.75. The number of rotatable bonds is 0. The van der Waals surface area contributed by atoms with Crippen molar-refractivity contribution in [2.45, 2.75) is 6.92 Å². The molecule has 1 aromatic carbocycles. The quantitative estimate of drug-likeness (QED) is 0.666. The van der Waals surface area contributed by atoms with Crippen LogP contribution < -0.4 is 10.2 Å². The van der Waals surface area contributed by atoms with Gasteiger partial charge in [-0.05, 0) is 19.1 Å². The average molecular weight is 188 g/mol. The number of ether oxygens (including phenoxy) is 1. The van der Waals surface area contributed by atoms with Gasteiger partial charge >= 0.3 is 0 Å². The van der Waals surface area contributed by atoms with Crippen LogP contribution in [0, 0.1) is 12.8 Å². The lowest BCUT2D eigenvalue weighted by Gasteiger charge is -2.22. The summed E-state index contributed by atoms with van der Waals surface area (Å²) in [4.78, 5) is 0. The molecule has 0 amide bonds. The van der Waals surface area contributed by atoms with Gasteiger partial charge in [-0.1, -0.05) is 11.6 Å². The van der Waals surface area contributed by atoms with Crippen LogP contribution in [-0.4, -0.2) is 18.9 Å². The molecule has 0 radical (unpaired) electrons. The minimum atomic E-state index is 0.435. The predicted molar refractivity (Wildman–Crippen MR) is 54.7 cm³/mol. The van der Waals surface area contributed by atoms with Crippen LogP contribution >= 0.6 is 0 Å². The fourth-order valence-electron chi connectivity index (χ4n) is 2.01. The van der Waals surface area contributed by atoms with E-state index in [1.165, 1.54) is 5.56 Å². The summed E-state index contributed by atoms with van der Waals surface area (Å²) in [5.41, 5.74) is 6.61. The van der Waals surface area contributed by atoms with Gasteiger partial charge in [0.15, 0.2) is 0 Å². The van der Waals surface area contributed by atoms with Crippen LogP contribution in [0.4, 0.5) is 0 Å². The zero-order chi connectivity index (χ0) is 9.54. The molecule has 0 aliphatic carbocycles. The van der Waals surface area contributed by atoms with E-state index in [4.69, 9.17) is 4.74 Å². The minimum Gasteiger partial charge on any atom is -0.492 e. The molecule has 14 heavy (non-hydrogen) atoms. The molecule has 2 heterocycles. The maximum atomic E-state index is 5.67. The van der Waals surface area contributed by atoms with Crippen molar-refractivity contribution < 1.29 is 4.74 Å². The number of nitrogens with one attached hydrogen (secondary N) is 1. The van der Waals surface area contributed by atoms with Gasteiger partial charge in [-0.25, -0.2) is 0 Å². The van der Waals surface area contributed by atoms with Gasteiger partial charge in [0.05, 0.1) is 18.2 Å². The highest BCUT2D eigenvalue weighted by atomic mass is 16.5. The van der Waals surface area contributed by atoms with Crippen LogP contribution in [0.25, 0.3) is 0 Å². The van der Waals surface area contributed by atoms with Crippen molar-refractivity contribution >= 4 is 5.71 Å². The number of nitrogens with zero attached hydrogens (tertiary/aromatic N) is 1. The molecule has 0 fully saturated rings. The highest BCUT2D eigenvalue weighted by Gasteiger charge is 2.29. The molecule has 0 aromatic heterocycles. The molecule has 1 N–H and O–H groups in total. The number of hydrogen-bond donors (Lipinski definition) is 1. The van der Waals surface area contributed by atoms with Gasteiger partial charge in [-0.3, -0.25) is 0 Å².